The average Bonchev–Trinajstić information content (AvgIpc) is 2.91. The van der Waals surface area contributed by atoms with Gasteiger partial charge in [0.15, 0.2) is 0 Å². The van der Waals surface area contributed by atoms with Crippen LogP contribution >= 0.6 is 0 Å². The van der Waals surface area contributed by atoms with Crippen molar-refractivity contribution in [1.29, 1.82) is 0 Å². The summed E-state index contributed by atoms with van der Waals surface area (Å²) in [4.78, 5) is 10.7. The van der Waals surface area contributed by atoms with E-state index in [2.05, 4.69) is 4.74 Å². The third-order valence-corrected chi connectivity index (χ3v) is 1.64. The first-order chi connectivity index (χ1) is 6.84. The van der Waals surface area contributed by atoms with Crippen molar-refractivity contribution >= 4 is 5.97 Å². The minimum absolute atomic E-state index is 0. The first-order valence-electron chi connectivity index (χ1n) is 4.31. The molecule has 0 aromatic heterocycles. The van der Waals surface area contributed by atoms with Crippen LogP contribution in [0.4, 0.5) is 0 Å². The van der Waals surface area contributed by atoms with Crippen LogP contribution in [0.2, 0.25) is 0 Å². The number of methoxy groups -OCH3 is 1. The quantitative estimate of drug-likeness (QED) is 0.517. The fourth-order valence-electron chi connectivity index (χ4n) is 0.949. The summed E-state index contributed by atoms with van der Waals surface area (Å²) < 4.78 is 4.46. The Morgan fingerprint density at radius 2 is 1.33 bits per heavy atom. The van der Waals surface area contributed by atoms with Crippen LogP contribution in [0, 0.1) is 63.7 Å². The molecular weight excluding hydrogens is 232 g/mol. The molecule has 0 heterocycles. The Bertz CT molecular complexity index is 153. The minimum atomic E-state index is -0.278. The van der Waals surface area contributed by atoms with E-state index in [1.165, 1.54) is 7.11 Å². The zero-order chi connectivity index (χ0) is 10.2. The van der Waals surface area contributed by atoms with Crippen LogP contribution in [0.5, 0.6) is 0 Å². The molecule has 2 rings (SSSR count). The van der Waals surface area contributed by atoms with Crippen LogP contribution in [0.1, 0.15) is 0 Å². The molecule has 3 heteroatoms. The molecular formula is C12H12FeO2+2. The predicted molar refractivity (Wildman–Crippen MR) is 54.0 cm³/mol. The Kier molecular flexibility index (Phi) is 9.23. The molecule has 0 aromatic rings. The van der Waals surface area contributed by atoms with Gasteiger partial charge in [-0.05, 0) is 57.8 Å². The van der Waals surface area contributed by atoms with Gasteiger partial charge < -0.3 is 4.74 Å². The van der Waals surface area contributed by atoms with Crippen molar-refractivity contribution in [3.8, 4) is 0 Å². The Balaban J connectivity index is 0.000000280. The molecule has 0 saturated heterocycles. The van der Waals surface area contributed by atoms with Gasteiger partial charge in [-0.1, -0.05) is 0 Å². The van der Waals surface area contributed by atoms with Gasteiger partial charge in [0.25, 0.3) is 0 Å². The van der Waals surface area contributed by atoms with Crippen molar-refractivity contribution < 1.29 is 26.6 Å². The van der Waals surface area contributed by atoms with Gasteiger partial charge in [0.1, 0.15) is 0 Å². The van der Waals surface area contributed by atoms with Gasteiger partial charge in [0.2, 0.25) is 0 Å². The van der Waals surface area contributed by atoms with Crippen LogP contribution in [-0.2, 0) is 26.6 Å². The van der Waals surface area contributed by atoms with Gasteiger partial charge in [-0.15, -0.1) is 0 Å². The van der Waals surface area contributed by atoms with Crippen LogP contribution in [-0.4, -0.2) is 13.1 Å². The largest absolute Gasteiger partial charge is 2.00 e. The standard InChI is InChI=1S/C7H7O2.C5H5.Fe/c1-9-7(8)6-4-2-3-5-6;1-2-4-5-3-1;/h2-5H,1H3;1-5H;/q;;+2. The number of rotatable bonds is 1. The third kappa shape index (κ3) is 6.21. The first kappa shape index (κ1) is 15.0. The van der Waals surface area contributed by atoms with Crippen molar-refractivity contribution in [3.05, 3.63) is 63.7 Å². The maximum atomic E-state index is 10.7. The second kappa shape index (κ2) is 9.23. The molecule has 2 saturated carbocycles. The molecule has 0 N–H and O–H groups in total. The smallest absolute Gasteiger partial charge is 0.469 e. The van der Waals surface area contributed by atoms with Gasteiger partial charge in [-0.25, -0.2) is 0 Å². The van der Waals surface area contributed by atoms with Crippen LogP contribution in [0.3, 0.4) is 0 Å². The predicted octanol–water partition coefficient (Wildman–Crippen LogP) is 1.58. The Morgan fingerprint density at radius 1 is 0.933 bits per heavy atom. The fraction of sp³-hybridized carbons (Fsp3) is 0.0833. The Morgan fingerprint density at radius 3 is 1.67 bits per heavy atom. The molecule has 2 nitrogen and oxygen atoms in total. The molecule has 0 bridgehead atoms. The molecule has 0 unspecified atom stereocenters. The van der Waals surface area contributed by atoms with Crippen LogP contribution < -0.4 is 0 Å². The monoisotopic (exact) mass is 244 g/mol. The van der Waals surface area contributed by atoms with Crippen molar-refractivity contribution in [3.63, 3.8) is 0 Å². The van der Waals surface area contributed by atoms with Crippen molar-refractivity contribution in [2.75, 3.05) is 7.11 Å². The van der Waals surface area contributed by atoms with E-state index in [1.54, 1.807) is 25.7 Å². The second-order valence-corrected chi connectivity index (χ2v) is 2.63. The van der Waals surface area contributed by atoms with Crippen LogP contribution in [0.25, 0.3) is 0 Å². The summed E-state index contributed by atoms with van der Waals surface area (Å²) >= 11 is 0. The van der Waals surface area contributed by atoms with E-state index >= 15 is 0 Å². The summed E-state index contributed by atoms with van der Waals surface area (Å²) in [7, 11) is 1.37. The second-order valence-electron chi connectivity index (χ2n) is 2.63. The molecule has 2 fully saturated rings. The van der Waals surface area contributed by atoms with E-state index < -0.39 is 0 Å². The van der Waals surface area contributed by atoms with Crippen molar-refractivity contribution in [1.82, 2.24) is 0 Å². The van der Waals surface area contributed by atoms with E-state index in [9.17, 15) is 4.79 Å². The Hall–Kier alpha value is -0.0105. The maximum absolute atomic E-state index is 10.7. The molecule has 0 spiro atoms. The summed E-state index contributed by atoms with van der Waals surface area (Å²) in [6.45, 7) is 0. The number of carbonyl (C=O) groups excluding carboxylic acids is 1. The molecule has 2 aliphatic rings. The zero-order valence-electron chi connectivity index (χ0n) is 8.37. The van der Waals surface area contributed by atoms with Crippen LogP contribution in [0.15, 0.2) is 0 Å². The molecule has 78 valence electrons. The molecule has 0 aliphatic heterocycles. The molecule has 15 heavy (non-hydrogen) atoms. The number of esters is 1. The van der Waals surface area contributed by atoms with E-state index in [0.29, 0.717) is 5.92 Å². The van der Waals surface area contributed by atoms with E-state index in [4.69, 9.17) is 0 Å². The maximum Gasteiger partial charge on any atom is 2.00 e. The number of carbonyl (C=O) groups is 1. The van der Waals surface area contributed by atoms with Gasteiger partial charge in [0, 0.05) is 0 Å². The Labute approximate surface area is 104 Å². The summed E-state index contributed by atoms with van der Waals surface area (Å²) in [6.07, 6.45) is 17.0. The van der Waals surface area contributed by atoms with Gasteiger partial charge >= 0.3 is 23.0 Å². The van der Waals surface area contributed by atoms with Crippen molar-refractivity contribution in [2.45, 2.75) is 0 Å². The van der Waals surface area contributed by atoms with Gasteiger partial charge in [-0.3, -0.25) is 4.79 Å². The zero-order valence-corrected chi connectivity index (χ0v) is 9.47. The SMILES string of the molecule is COC(=O)[C]1[CH][CH][CH][CH]1.[CH]1[CH][CH][CH][CH]1.[Fe+2]. The summed E-state index contributed by atoms with van der Waals surface area (Å²) in [5.74, 6) is 0.331. The molecule has 0 amide bonds. The fourth-order valence-corrected chi connectivity index (χ4v) is 0.949. The van der Waals surface area contributed by atoms with Gasteiger partial charge in [0.05, 0.1) is 13.0 Å². The first-order valence-corrected chi connectivity index (χ1v) is 4.31. The average molecular weight is 244 g/mol. The van der Waals surface area contributed by atoms with E-state index in [0.717, 1.165) is 0 Å². The topological polar surface area (TPSA) is 26.3 Å². The summed E-state index contributed by atoms with van der Waals surface area (Å²) in [5, 5.41) is 0. The number of hydrogen-bond acceptors (Lipinski definition) is 2. The van der Waals surface area contributed by atoms with Crippen molar-refractivity contribution in [2.24, 2.45) is 0 Å². The minimum Gasteiger partial charge on any atom is -0.469 e. The molecule has 0 atom stereocenters. The summed E-state index contributed by atoms with van der Waals surface area (Å²) in [5.41, 5.74) is 0. The number of ether oxygens (including phenoxy) is 1. The molecule has 0 aromatic carbocycles. The third-order valence-electron chi connectivity index (χ3n) is 1.64. The van der Waals surface area contributed by atoms with E-state index in [-0.39, 0.29) is 23.0 Å². The van der Waals surface area contributed by atoms with Gasteiger partial charge in [-0.2, -0.15) is 0 Å². The normalized spacial score (nSPS) is 20.1. The summed E-state index contributed by atoms with van der Waals surface area (Å²) in [6, 6.07) is 0. The molecule has 2 aliphatic carbocycles. The molecule has 10 radical (unpaired) electrons. The number of hydrogen-bond donors (Lipinski definition) is 0. The van der Waals surface area contributed by atoms with E-state index in [1.807, 2.05) is 32.1 Å².